The normalized spacial score (nSPS) is 14.9. The van der Waals surface area contributed by atoms with Gasteiger partial charge in [0.25, 0.3) is 17.7 Å². The van der Waals surface area contributed by atoms with E-state index in [-0.39, 0.29) is 5.91 Å². The van der Waals surface area contributed by atoms with Gasteiger partial charge in [-0.2, -0.15) is 11.8 Å². The summed E-state index contributed by atoms with van der Waals surface area (Å²) >= 11 is 1.57. The number of hydrogen-bond acceptors (Lipinski definition) is 5. The third-order valence-electron chi connectivity index (χ3n) is 3.55. The second kappa shape index (κ2) is 8.30. The third-order valence-corrected chi connectivity index (χ3v) is 4.19. The lowest BCUT2D eigenvalue weighted by Crippen LogP contribution is -2.44. The number of carbonyl (C=O) groups is 3. The highest BCUT2D eigenvalue weighted by molar-refractivity contribution is 7.98. The Bertz CT molecular complexity index is 598. The Hall–Kier alpha value is -1.86. The van der Waals surface area contributed by atoms with E-state index >= 15 is 0 Å². The number of nitrogens with zero attached hydrogens (tertiary/aromatic N) is 1. The maximum absolute atomic E-state index is 12.3. The summed E-state index contributed by atoms with van der Waals surface area (Å²) in [7, 11) is 0. The number of hydroxylamine groups is 2. The van der Waals surface area contributed by atoms with E-state index in [1.54, 1.807) is 36.0 Å². The summed E-state index contributed by atoms with van der Waals surface area (Å²) in [6, 6.07) is 6.53. The summed E-state index contributed by atoms with van der Waals surface area (Å²) < 4.78 is 0. The van der Waals surface area contributed by atoms with Crippen LogP contribution >= 0.6 is 11.8 Å². The molecule has 0 saturated heterocycles. The SMILES string of the molecule is CSCC[C@@H](ON1C(=O)c2ccccc2C1=O)C(=O)NCC(C)C. The van der Waals surface area contributed by atoms with Crippen molar-refractivity contribution >= 4 is 29.5 Å². The molecule has 2 rings (SSSR count). The van der Waals surface area contributed by atoms with Crippen molar-refractivity contribution in [2.75, 3.05) is 18.6 Å². The molecule has 130 valence electrons. The maximum Gasteiger partial charge on any atom is 0.285 e. The van der Waals surface area contributed by atoms with Crippen LogP contribution in [0.3, 0.4) is 0 Å². The van der Waals surface area contributed by atoms with Gasteiger partial charge in [0.05, 0.1) is 11.1 Å². The number of amides is 3. The lowest BCUT2D eigenvalue weighted by molar-refractivity contribution is -0.160. The van der Waals surface area contributed by atoms with Crippen LogP contribution in [0.2, 0.25) is 0 Å². The van der Waals surface area contributed by atoms with Crippen molar-refractivity contribution in [2.45, 2.75) is 26.4 Å². The number of hydrogen-bond donors (Lipinski definition) is 1. The Morgan fingerprint density at radius 2 is 1.79 bits per heavy atom. The molecular formula is C17H22N2O4S. The molecule has 1 heterocycles. The topological polar surface area (TPSA) is 75.7 Å². The van der Waals surface area contributed by atoms with Crippen LogP contribution in [0, 0.1) is 5.92 Å². The molecule has 1 aromatic carbocycles. The van der Waals surface area contributed by atoms with E-state index in [1.807, 2.05) is 20.1 Å². The zero-order valence-corrected chi connectivity index (χ0v) is 14.9. The van der Waals surface area contributed by atoms with Crippen molar-refractivity contribution in [3.8, 4) is 0 Å². The van der Waals surface area contributed by atoms with E-state index < -0.39 is 17.9 Å². The molecule has 0 fully saturated rings. The highest BCUT2D eigenvalue weighted by Crippen LogP contribution is 2.24. The molecule has 0 unspecified atom stereocenters. The minimum Gasteiger partial charge on any atom is -0.354 e. The van der Waals surface area contributed by atoms with E-state index in [9.17, 15) is 14.4 Å². The summed E-state index contributed by atoms with van der Waals surface area (Å²) in [5.41, 5.74) is 0.599. The fraction of sp³-hybridized carbons (Fsp3) is 0.471. The third kappa shape index (κ3) is 4.15. The second-order valence-corrected chi connectivity index (χ2v) is 6.95. The molecule has 0 bridgehead atoms. The predicted octanol–water partition coefficient (Wildman–Crippen LogP) is 2.11. The van der Waals surface area contributed by atoms with Gasteiger partial charge < -0.3 is 5.32 Å². The second-order valence-electron chi connectivity index (χ2n) is 5.96. The van der Waals surface area contributed by atoms with Crippen LogP contribution in [-0.4, -0.2) is 47.4 Å². The van der Waals surface area contributed by atoms with Crippen LogP contribution in [-0.2, 0) is 9.63 Å². The first-order chi connectivity index (χ1) is 11.5. The summed E-state index contributed by atoms with van der Waals surface area (Å²) in [5.74, 6) is -0.380. The molecule has 0 spiro atoms. The summed E-state index contributed by atoms with van der Waals surface area (Å²) in [5, 5.41) is 3.51. The largest absolute Gasteiger partial charge is 0.354 e. The van der Waals surface area contributed by atoms with Crippen LogP contribution < -0.4 is 5.32 Å². The van der Waals surface area contributed by atoms with Crippen molar-refractivity contribution in [3.63, 3.8) is 0 Å². The van der Waals surface area contributed by atoms with Crippen molar-refractivity contribution in [2.24, 2.45) is 5.92 Å². The van der Waals surface area contributed by atoms with Gasteiger partial charge in [-0.25, -0.2) is 4.84 Å². The van der Waals surface area contributed by atoms with Crippen LogP contribution in [0.15, 0.2) is 24.3 Å². The Morgan fingerprint density at radius 3 is 2.29 bits per heavy atom. The smallest absolute Gasteiger partial charge is 0.285 e. The Kier molecular flexibility index (Phi) is 6.39. The van der Waals surface area contributed by atoms with Crippen molar-refractivity contribution in [1.82, 2.24) is 10.4 Å². The van der Waals surface area contributed by atoms with Crippen molar-refractivity contribution in [3.05, 3.63) is 35.4 Å². The molecule has 1 aromatic rings. The first-order valence-corrected chi connectivity index (χ1v) is 9.26. The molecule has 24 heavy (non-hydrogen) atoms. The number of nitrogens with one attached hydrogen (secondary N) is 1. The van der Waals surface area contributed by atoms with Gasteiger partial charge in [0, 0.05) is 6.54 Å². The molecule has 0 aromatic heterocycles. The summed E-state index contributed by atoms with van der Waals surface area (Å²) in [4.78, 5) is 42.6. The number of carbonyl (C=O) groups excluding carboxylic acids is 3. The standard InChI is InChI=1S/C17H22N2O4S/c1-11(2)10-18-15(20)14(8-9-24-3)23-19-16(21)12-6-4-5-7-13(12)17(19)22/h4-7,11,14H,8-10H2,1-3H3,(H,18,20)/t14-/m1/s1. The number of benzene rings is 1. The Labute approximate surface area is 145 Å². The van der Waals surface area contributed by atoms with Gasteiger partial charge in [0.1, 0.15) is 0 Å². The summed E-state index contributed by atoms with van der Waals surface area (Å²) in [6.07, 6.45) is 1.46. The molecule has 0 radical (unpaired) electrons. The molecule has 1 aliphatic heterocycles. The fourth-order valence-corrected chi connectivity index (χ4v) is 2.71. The molecule has 6 nitrogen and oxygen atoms in total. The number of thioether (sulfide) groups is 1. The quantitative estimate of drug-likeness (QED) is 0.727. The minimum atomic E-state index is -0.876. The molecule has 0 saturated carbocycles. The number of imide groups is 1. The predicted molar refractivity (Wildman–Crippen MR) is 92.7 cm³/mol. The highest BCUT2D eigenvalue weighted by Gasteiger charge is 2.39. The lowest BCUT2D eigenvalue weighted by Gasteiger charge is -2.22. The highest BCUT2D eigenvalue weighted by atomic mass is 32.2. The van der Waals surface area contributed by atoms with Gasteiger partial charge in [-0.3, -0.25) is 14.4 Å². The van der Waals surface area contributed by atoms with E-state index in [0.717, 1.165) is 0 Å². The zero-order valence-electron chi connectivity index (χ0n) is 14.1. The molecule has 3 amide bonds. The van der Waals surface area contributed by atoms with Gasteiger partial charge in [0.15, 0.2) is 6.10 Å². The van der Waals surface area contributed by atoms with Gasteiger partial charge in [-0.05, 0) is 36.5 Å². The monoisotopic (exact) mass is 350 g/mol. The molecular weight excluding hydrogens is 328 g/mol. The lowest BCUT2D eigenvalue weighted by atomic mass is 10.1. The van der Waals surface area contributed by atoms with E-state index in [2.05, 4.69) is 5.32 Å². The van der Waals surface area contributed by atoms with Gasteiger partial charge in [-0.1, -0.05) is 26.0 Å². The first kappa shape index (κ1) is 18.5. The van der Waals surface area contributed by atoms with Crippen molar-refractivity contribution in [1.29, 1.82) is 0 Å². The summed E-state index contributed by atoms with van der Waals surface area (Å²) in [6.45, 7) is 4.49. The average Bonchev–Trinajstić information content (AvgIpc) is 2.81. The van der Waals surface area contributed by atoms with E-state index in [1.165, 1.54) is 0 Å². The van der Waals surface area contributed by atoms with Crippen LogP contribution in [0.5, 0.6) is 0 Å². The van der Waals surface area contributed by atoms with E-state index in [4.69, 9.17) is 4.84 Å². The number of rotatable bonds is 8. The minimum absolute atomic E-state index is 0.300. The first-order valence-electron chi connectivity index (χ1n) is 7.87. The average molecular weight is 350 g/mol. The van der Waals surface area contributed by atoms with E-state index in [0.29, 0.717) is 40.8 Å². The maximum atomic E-state index is 12.3. The van der Waals surface area contributed by atoms with Gasteiger partial charge in [0.2, 0.25) is 0 Å². The van der Waals surface area contributed by atoms with Gasteiger partial charge >= 0.3 is 0 Å². The van der Waals surface area contributed by atoms with Crippen LogP contribution in [0.25, 0.3) is 0 Å². The van der Waals surface area contributed by atoms with Crippen LogP contribution in [0.1, 0.15) is 41.0 Å². The molecule has 1 aliphatic rings. The molecule has 1 atom stereocenters. The molecule has 0 aliphatic carbocycles. The van der Waals surface area contributed by atoms with Crippen molar-refractivity contribution < 1.29 is 19.2 Å². The Balaban J connectivity index is 2.10. The molecule has 7 heteroatoms. The molecule has 1 N–H and O–H groups in total. The number of fused-ring (bicyclic) bond motifs is 1. The van der Waals surface area contributed by atoms with Crippen LogP contribution in [0.4, 0.5) is 0 Å². The Morgan fingerprint density at radius 1 is 1.21 bits per heavy atom. The van der Waals surface area contributed by atoms with Gasteiger partial charge in [-0.15, -0.1) is 5.06 Å². The zero-order chi connectivity index (χ0) is 17.7. The fourth-order valence-electron chi connectivity index (χ4n) is 2.27.